The third-order valence-electron chi connectivity index (χ3n) is 9.23. The molecule has 6 aromatic rings. The van der Waals surface area contributed by atoms with Crippen molar-refractivity contribution in [2.75, 3.05) is 56.8 Å². The van der Waals surface area contributed by atoms with E-state index >= 15 is 0 Å². The maximum Gasteiger partial charge on any atom is 0.273 e. The smallest absolute Gasteiger partial charge is 0.273 e. The molecule has 0 saturated carbocycles. The van der Waals surface area contributed by atoms with Gasteiger partial charge in [-0.05, 0) is 79.6 Å². The Kier molecular flexibility index (Phi) is 8.87. The summed E-state index contributed by atoms with van der Waals surface area (Å²) in [6, 6.07) is 21.7. The monoisotopic (exact) mass is 693 g/mol. The summed E-state index contributed by atoms with van der Waals surface area (Å²) in [6.45, 7) is 6.81. The van der Waals surface area contributed by atoms with E-state index in [1.807, 2.05) is 43.5 Å². The Hall–Kier alpha value is -5.49. The number of hydrogen-bond acceptors (Lipinski definition) is 10. The first-order valence-corrected chi connectivity index (χ1v) is 18.0. The summed E-state index contributed by atoms with van der Waals surface area (Å²) < 4.78 is 47.9. The molecule has 0 radical (unpaired) electrons. The molecule has 0 spiro atoms. The summed E-state index contributed by atoms with van der Waals surface area (Å²) in [5, 5.41) is 13.4. The van der Waals surface area contributed by atoms with Gasteiger partial charge in [0, 0.05) is 66.3 Å². The molecule has 1 aliphatic rings. The lowest BCUT2D eigenvalue weighted by molar-refractivity contribution is 0.340. The fraction of sp³-hybridized carbons (Fsp3) is 0.263. The molecule has 4 heterocycles. The van der Waals surface area contributed by atoms with Gasteiger partial charge in [-0.1, -0.05) is 19.1 Å². The molecular weight excluding hydrogens is 655 g/mol. The molecule has 1 N–H and O–H groups in total. The lowest BCUT2D eigenvalue weighted by atomic mass is 9.99. The van der Waals surface area contributed by atoms with E-state index in [1.165, 1.54) is 13.2 Å². The van der Waals surface area contributed by atoms with Gasteiger partial charge in [0.25, 0.3) is 10.0 Å². The molecule has 1 fully saturated rings. The minimum Gasteiger partial charge on any atom is -0.497 e. The number of benzene rings is 3. The van der Waals surface area contributed by atoms with E-state index in [0.29, 0.717) is 83.1 Å². The topological polar surface area (TPSA) is 119 Å². The highest BCUT2D eigenvalue weighted by Gasteiger charge is 2.34. The van der Waals surface area contributed by atoms with Crippen LogP contribution in [-0.2, 0) is 16.4 Å². The first-order valence-electron chi connectivity index (χ1n) is 16.6. The van der Waals surface area contributed by atoms with Gasteiger partial charge in [0.2, 0.25) is 5.88 Å². The average molecular weight is 694 g/mol. The van der Waals surface area contributed by atoms with Crippen LogP contribution in [0.25, 0.3) is 32.9 Å². The normalized spacial score (nSPS) is 13.6. The van der Waals surface area contributed by atoms with Crippen LogP contribution in [0.3, 0.4) is 0 Å². The van der Waals surface area contributed by atoms with Crippen LogP contribution < -0.4 is 24.0 Å². The minimum atomic E-state index is -4.41. The highest BCUT2D eigenvalue weighted by atomic mass is 32.2. The van der Waals surface area contributed by atoms with Crippen molar-refractivity contribution < 1.29 is 27.7 Å². The number of aromatic hydroxyl groups is 1. The zero-order valence-corrected chi connectivity index (χ0v) is 29.3. The molecule has 3 aromatic heterocycles. The number of aryl methyl sites for hydroxylation is 1. The van der Waals surface area contributed by atoms with Crippen molar-refractivity contribution in [3.05, 3.63) is 90.9 Å². The SMILES string of the molecule is CCOc1ccc(OC)cc1-c1cccc2c1c(N1CCN(c3ccnc(CC)c3)CC1)c(O)n2S(=O)(=O)c1ccc(OC)c2cccnc12. The maximum absolute atomic E-state index is 14.8. The lowest BCUT2D eigenvalue weighted by Gasteiger charge is -2.37. The Labute approximate surface area is 291 Å². The van der Waals surface area contributed by atoms with Gasteiger partial charge in [0.05, 0.1) is 31.9 Å². The molecule has 1 aliphatic heterocycles. The van der Waals surface area contributed by atoms with Crippen molar-refractivity contribution in [3.63, 3.8) is 0 Å². The third-order valence-corrected chi connectivity index (χ3v) is 11.0. The van der Waals surface area contributed by atoms with Gasteiger partial charge < -0.3 is 29.1 Å². The van der Waals surface area contributed by atoms with Gasteiger partial charge in [0.15, 0.2) is 0 Å². The predicted molar refractivity (Wildman–Crippen MR) is 196 cm³/mol. The van der Waals surface area contributed by atoms with Crippen molar-refractivity contribution >= 4 is 43.2 Å². The Morgan fingerprint density at radius 1 is 0.800 bits per heavy atom. The number of piperazine rings is 1. The van der Waals surface area contributed by atoms with Gasteiger partial charge in [-0.2, -0.15) is 0 Å². The highest BCUT2D eigenvalue weighted by molar-refractivity contribution is 7.90. The lowest BCUT2D eigenvalue weighted by Crippen LogP contribution is -2.46. The molecule has 1 saturated heterocycles. The molecule has 258 valence electrons. The molecule has 0 unspecified atom stereocenters. The van der Waals surface area contributed by atoms with E-state index in [1.54, 1.807) is 43.6 Å². The number of pyridine rings is 2. The maximum atomic E-state index is 14.8. The van der Waals surface area contributed by atoms with Crippen LogP contribution in [0.5, 0.6) is 23.1 Å². The summed E-state index contributed by atoms with van der Waals surface area (Å²) in [5.74, 6) is 1.35. The van der Waals surface area contributed by atoms with Crippen molar-refractivity contribution in [1.29, 1.82) is 0 Å². The Bertz CT molecular complexity index is 2320. The van der Waals surface area contributed by atoms with E-state index in [9.17, 15) is 13.5 Å². The molecule has 3 aromatic carbocycles. The second-order valence-electron chi connectivity index (χ2n) is 11.9. The molecule has 7 rings (SSSR count). The summed E-state index contributed by atoms with van der Waals surface area (Å²) in [4.78, 5) is 13.2. The largest absolute Gasteiger partial charge is 0.497 e. The number of rotatable bonds is 10. The first kappa shape index (κ1) is 33.0. The zero-order valence-electron chi connectivity index (χ0n) is 28.5. The van der Waals surface area contributed by atoms with Gasteiger partial charge >= 0.3 is 0 Å². The molecule has 12 heteroatoms. The number of fused-ring (bicyclic) bond motifs is 2. The number of methoxy groups -OCH3 is 2. The molecule has 50 heavy (non-hydrogen) atoms. The van der Waals surface area contributed by atoms with E-state index in [0.717, 1.165) is 21.8 Å². The van der Waals surface area contributed by atoms with Crippen LogP contribution >= 0.6 is 0 Å². The van der Waals surface area contributed by atoms with Crippen LogP contribution in [0.15, 0.2) is 90.1 Å². The fourth-order valence-electron chi connectivity index (χ4n) is 6.82. The summed E-state index contributed by atoms with van der Waals surface area (Å²) in [6.07, 6.45) is 4.21. The minimum absolute atomic E-state index is 0.0522. The number of ether oxygens (including phenoxy) is 3. The molecule has 11 nitrogen and oxygen atoms in total. The molecule has 0 atom stereocenters. The van der Waals surface area contributed by atoms with Crippen LogP contribution in [-0.4, -0.2) is 74.5 Å². The number of hydrogen-bond donors (Lipinski definition) is 1. The molecular formula is C38H39N5O6S. The van der Waals surface area contributed by atoms with Crippen LogP contribution in [0.4, 0.5) is 11.4 Å². The van der Waals surface area contributed by atoms with Crippen molar-refractivity contribution in [3.8, 4) is 34.3 Å². The first-order chi connectivity index (χ1) is 24.3. The molecule has 0 bridgehead atoms. The summed E-state index contributed by atoms with van der Waals surface area (Å²) in [7, 11) is -1.29. The average Bonchev–Trinajstić information content (AvgIpc) is 3.47. The van der Waals surface area contributed by atoms with Crippen LogP contribution in [0, 0.1) is 0 Å². The van der Waals surface area contributed by atoms with Crippen LogP contribution in [0.2, 0.25) is 0 Å². The number of aromatic nitrogens is 3. The zero-order chi connectivity index (χ0) is 35.0. The second-order valence-corrected chi connectivity index (χ2v) is 13.7. The second kappa shape index (κ2) is 13.4. The van der Waals surface area contributed by atoms with Gasteiger partial charge in [-0.15, -0.1) is 0 Å². The fourth-order valence-corrected chi connectivity index (χ4v) is 8.39. The Balaban J connectivity index is 1.44. The molecule has 0 amide bonds. The van der Waals surface area contributed by atoms with Crippen molar-refractivity contribution in [1.82, 2.24) is 13.9 Å². The molecule has 0 aliphatic carbocycles. The standard InChI is InChI=1S/C38H39N5O6S/c1-5-25-23-26(16-18-39-25)41-19-21-42(22-20-41)37-35-28(30-24-27(47-3)12-13-33(30)49-6-2)9-7-11-31(35)43(38(37)44)50(45,46)34-15-14-32(48-4)29-10-8-17-40-36(29)34/h7-18,23-24,44H,5-6,19-22H2,1-4H3. The summed E-state index contributed by atoms with van der Waals surface area (Å²) in [5.41, 5.74) is 4.52. The predicted octanol–water partition coefficient (Wildman–Crippen LogP) is 6.50. The van der Waals surface area contributed by atoms with Crippen LogP contribution in [0.1, 0.15) is 19.5 Å². The van der Waals surface area contributed by atoms with Gasteiger partial charge in [0.1, 0.15) is 27.8 Å². The van der Waals surface area contributed by atoms with E-state index in [-0.39, 0.29) is 16.3 Å². The summed E-state index contributed by atoms with van der Waals surface area (Å²) >= 11 is 0. The van der Waals surface area contributed by atoms with E-state index in [4.69, 9.17) is 14.2 Å². The number of anilines is 2. The van der Waals surface area contributed by atoms with Crippen molar-refractivity contribution in [2.24, 2.45) is 0 Å². The third kappa shape index (κ3) is 5.59. The van der Waals surface area contributed by atoms with Crippen molar-refractivity contribution in [2.45, 2.75) is 25.2 Å². The Morgan fingerprint density at radius 2 is 1.58 bits per heavy atom. The van der Waals surface area contributed by atoms with Gasteiger partial charge in [-0.25, -0.2) is 12.4 Å². The van der Waals surface area contributed by atoms with E-state index < -0.39 is 10.0 Å². The van der Waals surface area contributed by atoms with E-state index in [2.05, 4.69) is 32.8 Å². The number of nitrogens with zero attached hydrogens (tertiary/aromatic N) is 5. The highest BCUT2D eigenvalue weighted by Crippen LogP contribution is 2.48. The van der Waals surface area contributed by atoms with Gasteiger partial charge in [-0.3, -0.25) is 9.97 Å². The Morgan fingerprint density at radius 3 is 2.32 bits per heavy atom. The quantitative estimate of drug-likeness (QED) is 0.170.